The van der Waals surface area contributed by atoms with Crippen molar-refractivity contribution in [2.75, 3.05) is 11.9 Å². The van der Waals surface area contributed by atoms with E-state index in [9.17, 15) is 19.8 Å². The van der Waals surface area contributed by atoms with Crippen molar-refractivity contribution in [1.29, 1.82) is 0 Å². The number of fused-ring (bicyclic) bond motifs is 1. The second kappa shape index (κ2) is 6.56. The number of carbonyl (C=O) groups is 1. The second-order valence-electron chi connectivity index (χ2n) is 5.20. The van der Waals surface area contributed by atoms with Gasteiger partial charge in [0.15, 0.2) is 5.43 Å². The first kappa shape index (κ1) is 16.4. The van der Waals surface area contributed by atoms with Crippen molar-refractivity contribution in [2.45, 2.75) is 6.92 Å². The highest BCUT2D eigenvalue weighted by atomic mass is 16.5. The Bertz CT molecular complexity index is 1010. The number of carbonyl (C=O) groups excluding carboxylic acids is 1. The third-order valence-corrected chi connectivity index (χ3v) is 3.51. The molecule has 0 unspecified atom stereocenters. The lowest BCUT2D eigenvalue weighted by Gasteiger charge is -2.11. The lowest BCUT2D eigenvalue weighted by Crippen LogP contribution is -2.14. The van der Waals surface area contributed by atoms with Crippen LogP contribution in [0, 0.1) is 0 Å². The summed E-state index contributed by atoms with van der Waals surface area (Å²) >= 11 is 0. The van der Waals surface area contributed by atoms with Crippen molar-refractivity contribution in [3.63, 3.8) is 0 Å². The molecule has 7 nitrogen and oxygen atoms in total. The van der Waals surface area contributed by atoms with Crippen LogP contribution in [0.5, 0.6) is 11.5 Å². The smallest absolute Gasteiger partial charge is 0.411 e. The highest BCUT2D eigenvalue weighted by Gasteiger charge is 2.15. The second-order valence-corrected chi connectivity index (χ2v) is 5.20. The first-order valence-electron chi connectivity index (χ1n) is 7.52. The number of phenols is 2. The van der Waals surface area contributed by atoms with E-state index in [1.54, 1.807) is 19.1 Å². The molecule has 0 aliphatic heterocycles. The molecule has 0 aliphatic rings. The SMILES string of the molecule is CCOC(=O)Nc1cc(O)ccc1-c1cc(=O)c2c(O)cccc2o1. The van der Waals surface area contributed by atoms with Crippen molar-refractivity contribution >= 4 is 22.7 Å². The van der Waals surface area contributed by atoms with Gasteiger partial charge in [-0.15, -0.1) is 0 Å². The summed E-state index contributed by atoms with van der Waals surface area (Å²) in [5, 5.41) is 22.1. The van der Waals surface area contributed by atoms with E-state index >= 15 is 0 Å². The molecule has 0 aliphatic carbocycles. The molecule has 1 aromatic heterocycles. The summed E-state index contributed by atoms with van der Waals surface area (Å²) in [7, 11) is 0. The molecule has 2 aromatic carbocycles. The minimum Gasteiger partial charge on any atom is -0.508 e. The van der Waals surface area contributed by atoms with Gasteiger partial charge in [-0.2, -0.15) is 0 Å². The number of rotatable bonds is 3. The maximum absolute atomic E-state index is 12.3. The average molecular weight is 341 g/mol. The van der Waals surface area contributed by atoms with Crippen LogP contribution in [-0.4, -0.2) is 22.9 Å². The summed E-state index contributed by atoms with van der Waals surface area (Å²) in [4.78, 5) is 24.0. The fourth-order valence-corrected chi connectivity index (χ4v) is 2.45. The molecule has 0 saturated heterocycles. The molecule has 0 spiro atoms. The van der Waals surface area contributed by atoms with E-state index in [1.165, 1.54) is 30.3 Å². The van der Waals surface area contributed by atoms with Crippen molar-refractivity contribution in [1.82, 2.24) is 0 Å². The molecular weight excluding hydrogens is 326 g/mol. The minimum absolute atomic E-state index is 0.0728. The molecule has 0 atom stereocenters. The van der Waals surface area contributed by atoms with Crippen molar-refractivity contribution in [3.8, 4) is 22.8 Å². The van der Waals surface area contributed by atoms with Gasteiger partial charge in [-0.25, -0.2) is 4.79 Å². The Morgan fingerprint density at radius 1 is 1.20 bits per heavy atom. The predicted molar refractivity (Wildman–Crippen MR) is 91.9 cm³/mol. The Hall–Kier alpha value is -3.48. The number of hydrogen-bond acceptors (Lipinski definition) is 6. The first-order valence-corrected chi connectivity index (χ1v) is 7.52. The Kier molecular flexibility index (Phi) is 4.30. The molecule has 25 heavy (non-hydrogen) atoms. The number of ether oxygens (including phenoxy) is 1. The number of phenolic OH excluding ortho intramolecular Hbond substituents is 2. The van der Waals surface area contributed by atoms with Crippen molar-refractivity contribution in [2.24, 2.45) is 0 Å². The van der Waals surface area contributed by atoms with Crippen LogP contribution in [0.2, 0.25) is 0 Å². The predicted octanol–water partition coefficient (Wildman–Crippen LogP) is 3.44. The number of nitrogens with one attached hydrogen (secondary N) is 1. The maximum Gasteiger partial charge on any atom is 0.411 e. The summed E-state index contributed by atoms with van der Waals surface area (Å²) in [6.45, 7) is 1.85. The van der Waals surface area contributed by atoms with Crippen LogP contribution in [-0.2, 0) is 4.74 Å². The van der Waals surface area contributed by atoms with Crippen molar-refractivity contribution < 1.29 is 24.2 Å². The van der Waals surface area contributed by atoms with Gasteiger partial charge >= 0.3 is 6.09 Å². The molecule has 3 aromatic rings. The molecule has 3 N–H and O–H groups in total. The summed E-state index contributed by atoms with van der Waals surface area (Å²) in [6, 6.07) is 9.94. The monoisotopic (exact) mass is 341 g/mol. The van der Waals surface area contributed by atoms with Gasteiger partial charge in [0.2, 0.25) is 0 Å². The zero-order chi connectivity index (χ0) is 18.0. The Labute approximate surface area is 142 Å². The molecule has 1 heterocycles. The fourth-order valence-electron chi connectivity index (χ4n) is 2.45. The Balaban J connectivity index is 2.15. The molecular formula is C18H15NO6. The number of amides is 1. The molecule has 128 valence electrons. The van der Waals surface area contributed by atoms with E-state index in [0.29, 0.717) is 5.56 Å². The van der Waals surface area contributed by atoms with Gasteiger partial charge in [-0.3, -0.25) is 10.1 Å². The van der Waals surface area contributed by atoms with E-state index in [0.717, 1.165) is 0 Å². The molecule has 3 rings (SSSR count). The van der Waals surface area contributed by atoms with Gasteiger partial charge in [-0.1, -0.05) is 6.07 Å². The number of benzene rings is 2. The number of aromatic hydroxyl groups is 2. The highest BCUT2D eigenvalue weighted by molar-refractivity contribution is 5.92. The van der Waals surface area contributed by atoms with Gasteiger partial charge in [0, 0.05) is 17.7 Å². The van der Waals surface area contributed by atoms with Crippen LogP contribution in [0.4, 0.5) is 10.5 Å². The van der Waals surface area contributed by atoms with E-state index < -0.39 is 11.5 Å². The molecule has 0 saturated carbocycles. The summed E-state index contributed by atoms with van der Waals surface area (Å²) in [6.07, 6.45) is -0.699. The largest absolute Gasteiger partial charge is 0.508 e. The zero-order valence-corrected chi connectivity index (χ0v) is 13.3. The zero-order valence-electron chi connectivity index (χ0n) is 13.3. The van der Waals surface area contributed by atoms with Gasteiger partial charge in [-0.05, 0) is 31.2 Å². The molecule has 7 heteroatoms. The number of hydrogen-bond donors (Lipinski definition) is 3. The third-order valence-electron chi connectivity index (χ3n) is 3.51. The average Bonchev–Trinajstić information content (AvgIpc) is 2.54. The van der Waals surface area contributed by atoms with Gasteiger partial charge in [0.1, 0.15) is 28.2 Å². The van der Waals surface area contributed by atoms with Crippen LogP contribution < -0.4 is 10.7 Å². The lowest BCUT2D eigenvalue weighted by molar-refractivity contribution is 0.168. The molecule has 1 amide bonds. The van der Waals surface area contributed by atoms with E-state index in [2.05, 4.69) is 5.32 Å². The van der Waals surface area contributed by atoms with E-state index in [4.69, 9.17) is 9.15 Å². The topological polar surface area (TPSA) is 109 Å². The van der Waals surface area contributed by atoms with E-state index in [1.807, 2.05) is 0 Å². The first-order chi connectivity index (χ1) is 12.0. The molecule has 0 radical (unpaired) electrons. The fraction of sp³-hybridized carbons (Fsp3) is 0.111. The van der Waals surface area contributed by atoms with E-state index in [-0.39, 0.29) is 40.5 Å². The van der Waals surface area contributed by atoms with Gasteiger partial charge in [0.25, 0.3) is 0 Å². The van der Waals surface area contributed by atoms with Crippen LogP contribution >= 0.6 is 0 Å². The third kappa shape index (κ3) is 3.25. The standard InChI is InChI=1S/C18H15NO6/c1-2-24-18(23)19-12-8-10(20)6-7-11(12)16-9-14(22)17-13(21)4-3-5-15(17)25-16/h3-9,20-21H,2H2,1H3,(H,19,23). The van der Waals surface area contributed by atoms with Crippen LogP contribution in [0.1, 0.15) is 6.92 Å². The van der Waals surface area contributed by atoms with Crippen molar-refractivity contribution in [3.05, 3.63) is 52.7 Å². The summed E-state index contributed by atoms with van der Waals surface area (Å²) in [5.41, 5.74) is 0.386. The summed E-state index contributed by atoms with van der Waals surface area (Å²) < 4.78 is 10.5. The van der Waals surface area contributed by atoms with Crippen LogP contribution in [0.15, 0.2) is 51.7 Å². The minimum atomic E-state index is -0.699. The number of anilines is 1. The highest BCUT2D eigenvalue weighted by Crippen LogP contribution is 2.33. The maximum atomic E-state index is 12.3. The van der Waals surface area contributed by atoms with Gasteiger partial charge < -0.3 is 19.4 Å². The van der Waals surface area contributed by atoms with Crippen LogP contribution in [0.25, 0.3) is 22.3 Å². The van der Waals surface area contributed by atoms with Crippen LogP contribution in [0.3, 0.4) is 0 Å². The Morgan fingerprint density at radius 3 is 2.76 bits per heavy atom. The Morgan fingerprint density at radius 2 is 2.00 bits per heavy atom. The normalized spacial score (nSPS) is 10.6. The lowest BCUT2D eigenvalue weighted by atomic mass is 10.1. The summed E-state index contributed by atoms with van der Waals surface area (Å²) in [5.74, 6) is -0.0698. The van der Waals surface area contributed by atoms with Gasteiger partial charge in [0.05, 0.1) is 12.3 Å². The molecule has 0 bridgehead atoms. The quantitative estimate of drug-likeness (QED) is 0.673. The molecule has 0 fully saturated rings.